The third kappa shape index (κ3) is 3.26. The van der Waals surface area contributed by atoms with Crippen LogP contribution >= 0.6 is 0 Å². The molecule has 0 amide bonds. The van der Waals surface area contributed by atoms with Gasteiger partial charge in [-0.05, 0) is 12.5 Å². The van der Waals surface area contributed by atoms with Crippen LogP contribution in [0.5, 0.6) is 0 Å². The maximum atomic E-state index is 3.52. The van der Waals surface area contributed by atoms with Gasteiger partial charge < -0.3 is 4.98 Å². The molecule has 1 N–H and O–H groups in total. The Morgan fingerprint density at radius 1 is 0.857 bits per heavy atom. The minimum Gasteiger partial charge on any atom is -0.350 e. The number of aromatic nitrogens is 2. The van der Waals surface area contributed by atoms with Crippen LogP contribution in [0.25, 0.3) is 21.8 Å². The summed E-state index contributed by atoms with van der Waals surface area (Å²) in [5, 5.41) is 2.64. The van der Waals surface area contributed by atoms with Gasteiger partial charge in [0, 0.05) is 28.8 Å². The van der Waals surface area contributed by atoms with Crippen LogP contribution in [0.4, 0.5) is 0 Å². The number of fused-ring (bicyclic) bond motifs is 3. The molecule has 2 heterocycles. The quantitative estimate of drug-likeness (QED) is 0.466. The van der Waals surface area contributed by atoms with Crippen molar-refractivity contribution in [2.45, 2.75) is 52.0 Å². The summed E-state index contributed by atoms with van der Waals surface area (Å²) in [4.78, 5) is 3.52. The molecule has 0 spiro atoms. The van der Waals surface area contributed by atoms with Crippen LogP contribution in [0, 0.1) is 0 Å². The molecule has 21 heavy (non-hydrogen) atoms. The Labute approximate surface area is 126 Å². The molecule has 0 aliphatic heterocycles. The molecule has 0 atom stereocenters. The lowest BCUT2D eigenvalue weighted by molar-refractivity contribution is -0.696. The predicted molar refractivity (Wildman–Crippen MR) is 89.4 cm³/mol. The number of nitrogens with one attached hydrogen (secondary N) is 1. The average molecular weight is 281 g/mol. The number of unbranched alkanes of at least 4 members (excludes halogenated alkanes) is 5. The minimum atomic E-state index is 1.12. The molecule has 0 aliphatic rings. The lowest BCUT2D eigenvalue weighted by atomic mass is 10.1. The lowest BCUT2D eigenvalue weighted by Gasteiger charge is -1.99. The second-order valence-electron chi connectivity index (χ2n) is 5.95. The third-order valence-electron chi connectivity index (χ3n) is 4.27. The number of para-hydroxylation sites is 1. The molecule has 3 rings (SSSR count). The van der Waals surface area contributed by atoms with Crippen LogP contribution in [0.2, 0.25) is 0 Å². The van der Waals surface area contributed by atoms with Crippen molar-refractivity contribution in [2.24, 2.45) is 0 Å². The topological polar surface area (TPSA) is 19.7 Å². The number of pyridine rings is 1. The van der Waals surface area contributed by atoms with Gasteiger partial charge in [-0.2, -0.15) is 0 Å². The van der Waals surface area contributed by atoms with E-state index in [4.69, 9.17) is 0 Å². The van der Waals surface area contributed by atoms with Crippen molar-refractivity contribution >= 4 is 21.8 Å². The van der Waals surface area contributed by atoms with E-state index in [1.165, 1.54) is 60.3 Å². The molecule has 0 saturated heterocycles. The van der Waals surface area contributed by atoms with Crippen LogP contribution in [0.3, 0.4) is 0 Å². The fourth-order valence-corrected chi connectivity index (χ4v) is 3.06. The van der Waals surface area contributed by atoms with Gasteiger partial charge in [0.25, 0.3) is 0 Å². The Morgan fingerprint density at radius 2 is 1.62 bits per heavy atom. The van der Waals surface area contributed by atoms with Crippen LogP contribution in [-0.2, 0) is 6.54 Å². The van der Waals surface area contributed by atoms with E-state index in [0.29, 0.717) is 0 Å². The number of benzene rings is 1. The normalized spacial score (nSPS) is 11.5. The Kier molecular flexibility index (Phi) is 4.54. The molecule has 0 bridgehead atoms. The van der Waals surface area contributed by atoms with Gasteiger partial charge >= 0.3 is 0 Å². The number of hydrogen-bond acceptors (Lipinski definition) is 0. The summed E-state index contributed by atoms with van der Waals surface area (Å²) in [6.07, 6.45) is 12.6. The summed E-state index contributed by atoms with van der Waals surface area (Å²) < 4.78 is 2.32. The number of nitrogens with zero attached hydrogens (tertiary/aromatic N) is 1. The number of aromatic amines is 1. The van der Waals surface area contributed by atoms with Gasteiger partial charge in [0.05, 0.1) is 0 Å². The van der Waals surface area contributed by atoms with Crippen molar-refractivity contribution in [3.63, 3.8) is 0 Å². The van der Waals surface area contributed by atoms with E-state index in [2.05, 4.69) is 59.2 Å². The zero-order valence-electron chi connectivity index (χ0n) is 12.9. The smallest absolute Gasteiger partial charge is 0.193 e. The molecule has 3 aromatic rings. The summed E-state index contributed by atoms with van der Waals surface area (Å²) in [6, 6.07) is 10.8. The zero-order chi connectivity index (χ0) is 14.5. The minimum absolute atomic E-state index is 1.12. The highest BCUT2D eigenvalue weighted by molar-refractivity contribution is 6.06. The van der Waals surface area contributed by atoms with Crippen molar-refractivity contribution in [3.05, 3.63) is 42.7 Å². The van der Waals surface area contributed by atoms with Crippen molar-refractivity contribution in [1.82, 2.24) is 4.98 Å². The van der Waals surface area contributed by atoms with E-state index < -0.39 is 0 Å². The highest BCUT2D eigenvalue weighted by atomic mass is 14.9. The zero-order valence-corrected chi connectivity index (χ0v) is 12.9. The largest absolute Gasteiger partial charge is 0.350 e. The van der Waals surface area contributed by atoms with Crippen LogP contribution in [0.1, 0.15) is 45.4 Å². The Hall–Kier alpha value is -1.83. The molecule has 0 saturated carbocycles. The fourth-order valence-electron chi connectivity index (χ4n) is 3.06. The molecule has 0 radical (unpaired) electrons. The lowest BCUT2D eigenvalue weighted by Crippen LogP contribution is -2.32. The van der Waals surface area contributed by atoms with Crippen molar-refractivity contribution in [1.29, 1.82) is 0 Å². The molecular formula is C19H25N2+. The number of hydrogen-bond donors (Lipinski definition) is 1. The number of rotatable bonds is 7. The van der Waals surface area contributed by atoms with Gasteiger partial charge in [0.15, 0.2) is 12.4 Å². The van der Waals surface area contributed by atoms with E-state index in [0.717, 1.165) is 6.54 Å². The van der Waals surface area contributed by atoms with Gasteiger partial charge in [-0.1, -0.05) is 50.8 Å². The molecule has 110 valence electrons. The molecule has 0 aliphatic carbocycles. The van der Waals surface area contributed by atoms with Crippen molar-refractivity contribution < 1.29 is 4.57 Å². The molecule has 0 fully saturated rings. The SMILES string of the molecule is CCCCCCCC[n+]1ccc2c(c1)[nH]c1ccccc12. The van der Waals surface area contributed by atoms with E-state index in [-0.39, 0.29) is 0 Å². The maximum Gasteiger partial charge on any atom is 0.193 e. The second-order valence-corrected chi connectivity index (χ2v) is 5.95. The van der Waals surface area contributed by atoms with E-state index in [9.17, 15) is 0 Å². The first kappa shape index (κ1) is 14.1. The standard InChI is InChI=1S/C19H24N2/c1-2-3-4-5-6-9-13-21-14-12-17-16-10-7-8-11-18(16)20-19(17)15-21/h7-8,10-12,14-15H,2-6,9,13H2,1H3/p+1. The van der Waals surface area contributed by atoms with Gasteiger partial charge in [-0.25, -0.2) is 4.57 Å². The van der Waals surface area contributed by atoms with Gasteiger partial charge in [-0.15, -0.1) is 0 Å². The summed E-state index contributed by atoms with van der Waals surface area (Å²) >= 11 is 0. The number of H-pyrrole nitrogens is 1. The highest BCUT2D eigenvalue weighted by Gasteiger charge is 2.08. The van der Waals surface area contributed by atoms with Crippen LogP contribution in [-0.4, -0.2) is 4.98 Å². The molecule has 0 unspecified atom stereocenters. The van der Waals surface area contributed by atoms with Crippen LogP contribution < -0.4 is 4.57 Å². The summed E-state index contributed by atoms with van der Waals surface area (Å²) in [6.45, 7) is 3.39. The molecule has 2 heteroatoms. The van der Waals surface area contributed by atoms with E-state index in [1.807, 2.05) is 0 Å². The van der Waals surface area contributed by atoms with Gasteiger partial charge in [0.2, 0.25) is 0 Å². The van der Waals surface area contributed by atoms with Crippen molar-refractivity contribution in [3.8, 4) is 0 Å². The van der Waals surface area contributed by atoms with Gasteiger partial charge in [0.1, 0.15) is 12.1 Å². The first-order chi connectivity index (χ1) is 10.4. The maximum absolute atomic E-state index is 3.52. The molecule has 1 aromatic carbocycles. The summed E-state index contributed by atoms with van der Waals surface area (Å²) in [7, 11) is 0. The first-order valence-electron chi connectivity index (χ1n) is 8.28. The highest BCUT2D eigenvalue weighted by Crippen LogP contribution is 2.23. The van der Waals surface area contributed by atoms with E-state index in [1.54, 1.807) is 0 Å². The van der Waals surface area contributed by atoms with E-state index >= 15 is 0 Å². The predicted octanol–water partition coefficient (Wildman–Crippen LogP) is 4.97. The molecule has 2 nitrogen and oxygen atoms in total. The Balaban J connectivity index is 1.66. The Bertz CT molecular complexity index is 712. The van der Waals surface area contributed by atoms with Gasteiger partial charge in [-0.3, -0.25) is 0 Å². The monoisotopic (exact) mass is 281 g/mol. The first-order valence-corrected chi connectivity index (χ1v) is 8.28. The summed E-state index contributed by atoms with van der Waals surface area (Å²) in [5.74, 6) is 0. The Morgan fingerprint density at radius 3 is 2.52 bits per heavy atom. The molecular weight excluding hydrogens is 256 g/mol. The van der Waals surface area contributed by atoms with Crippen LogP contribution in [0.15, 0.2) is 42.7 Å². The summed E-state index contributed by atoms with van der Waals surface area (Å²) in [5.41, 5.74) is 2.47. The molecule has 2 aromatic heterocycles. The van der Waals surface area contributed by atoms with Crippen molar-refractivity contribution in [2.75, 3.05) is 0 Å². The average Bonchev–Trinajstić information content (AvgIpc) is 2.88. The fraction of sp³-hybridized carbons (Fsp3) is 0.421. The second kappa shape index (κ2) is 6.75. The number of aryl methyl sites for hydroxylation is 1. The third-order valence-corrected chi connectivity index (χ3v) is 4.27.